The van der Waals surface area contributed by atoms with E-state index >= 15 is 0 Å². The largest absolute Gasteiger partial charge is 0.361 e. The number of nitrogens with one attached hydrogen (secondary N) is 1. The highest BCUT2D eigenvalue weighted by molar-refractivity contribution is 6.18. The lowest BCUT2D eigenvalue weighted by Crippen LogP contribution is -2.37. The van der Waals surface area contributed by atoms with Crippen molar-refractivity contribution in [2.75, 3.05) is 5.88 Å². The Morgan fingerprint density at radius 2 is 2.33 bits per heavy atom. The van der Waals surface area contributed by atoms with Crippen LogP contribution in [0.25, 0.3) is 0 Å². The van der Waals surface area contributed by atoms with E-state index in [9.17, 15) is 4.79 Å². The SMILES string of the molecule is Cc1oncc1C(=O)NC(C)C(C)CCl. The maximum absolute atomic E-state index is 11.7. The van der Waals surface area contributed by atoms with Gasteiger partial charge in [-0.25, -0.2) is 0 Å². The molecule has 0 aliphatic heterocycles. The van der Waals surface area contributed by atoms with E-state index in [0.717, 1.165) is 0 Å². The molecule has 0 fully saturated rings. The van der Waals surface area contributed by atoms with Crippen LogP contribution in [0.1, 0.15) is 30.0 Å². The molecular weight excluding hydrogens is 216 g/mol. The van der Waals surface area contributed by atoms with Gasteiger partial charge in [0.25, 0.3) is 5.91 Å². The maximum atomic E-state index is 11.7. The standard InChI is InChI=1S/C10H15ClN2O2/c1-6(4-11)7(2)13-10(14)9-5-12-15-8(9)3/h5-7H,4H2,1-3H3,(H,13,14). The first-order valence-electron chi connectivity index (χ1n) is 4.84. The highest BCUT2D eigenvalue weighted by atomic mass is 35.5. The van der Waals surface area contributed by atoms with Gasteiger partial charge in [-0.15, -0.1) is 11.6 Å². The Kier molecular flexibility index (Phi) is 4.15. The predicted octanol–water partition coefficient (Wildman–Crippen LogP) is 1.98. The first kappa shape index (κ1) is 12.0. The van der Waals surface area contributed by atoms with Gasteiger partial charge in [0, 0.05) is 11.9 Å². The molecule has 2 atom stereocenters. The van der Waals surface area contributed by atoms with Crippen LogP contribution in [-0.2, 0) is 0 Å². The number of rotatable bonds is 4. The zero-order valence-corrected chi connectivity index (χ0v) is 9.84. The average Bonchev–Trinajstić information content (AvgIpc) is 2.63. The molecule has 0 aliphatic carbocycles. The van der Waals surface area contributed by atoms with Crippen LogP contribution in [0.5, 0.6) is 0 Å². The van der Waals surface area contributed by atoms with E-state index in [-0.39, 0.29) is 17.9 Å². The summed E-state index contributed by atoms with van der Waals surface area (Å²) in [5.41, 5.74) is 0.476. The van der Waals surface area contributed by atoms with Crippen LogP contribution in [-0.4, -0.2) is 23.0 Å². The summed E-state index contributed by atoms with van der Waals surface area (Å²) in [7, 11) is 0. The Bertz CT molecular complexity index is 338. The van der Waals surface area contributed by atoms with E-state index in [1.165, 1.54) is 6.20 Å². The number of carbonyl (C=O) groups is 1. The molecule has 5 heteroatoms. The van der Waals surface area contributed by atoms with Gasteiger partial charge in [0.15, 0.2) is 0 Å². The van der Waals surface area contributed by atoms with Gasteiger partial charge in [-0.2, -0.15) is 0 Å². The summed E-state index contributed by atoms with van der Waals surface area (Å²) in [6.45, 7) is 5.61. The minimum absolute atomic E-state index is 0.0318. The summed E-state index contributed by atoms with van der Waals surface area (Å²) in [5, 5.41) is 6.40. The van der Waals surface area contributed by atoms with Crippen molar-refractivity contribution in [3.05, 3.63) is 17.5 Å². The lowest BCUT2D eigenvalue weighted by Gasteiger charge is -2.18. The van der Waals surface area contributed by atoms with Gasteiger partial charge in [0.2, 0.25) is 0 Å². The minimum Gasteiger partial charge on any atom is -0.361 e. The van der Waals surface area contributed by atoms with Crippen LogP contribution in [0, 0.1) is 12.8 Å². The lowest BCUT2D eigenvalue weighted by atomic mass is 10.1. The van der Waals surface area contributed by atoms with Gasteiger partial charge in [-0.05, 0) is 19.8 Å². The Hall–Kier alpha value is -1.03. The average molecular weight is 231 g/mol. The molecule has 1 N–H and O–H groups in total. The second kappa shape index (κ2) is 5.16. The minimum atomic E-state index is -0.168. The van der Waals surface area contributed by atoms with Gasteiger partial charge in [-0.1, -0.05) is 12.1 Å². The Labute approximate surface area is 94.0 Å². The van der Waals surface area contributed by atoms with Crippen molar-refractivity contribution in [3.8, 4) is 0 Å². The number of alkyl halides is 1. The number of nitrogens with zero attached hydrogens (tertiary/aromatic N) is 1. The summed E-state index contributed by atoms with van der Waals surface area (Å²) in [5.74, 6) is 1.11. The molecule has 0 bridgehead atoms. The monoisotopic (exact) mass is 230 g/mol. The molecule has 0 radical (unpaired) electrons. The first-order chi connectivity index (χ1) is 7.06. The topological polar surface area (TPSA) is 55.1 Å². The van der Waals surface area contributed by atoms with Gasteiger partial charge in [-0.3, -0.25) is 4.79 Å². The number of aryl methyl sites for hydroxylation is 1. The molecule has 0 saturated heterocycles. The van der Waals surface area contributed by atoms with Crippen molar-refractivity contribution in [1.82, 2.24) is 10.5 Å². The molecule has 1 heterocycles. The molecule has 1 aromatic heterocycles. The zero-order valence-electron chi connectivity index (χ0n) is 9.08. The van der Waals surface area contributed by atoms with Gasteiger partial charge < -0.3 is 9.84 Å². The second-order valence-corrected chi connectivity index (χ2v) is 4.00. The van der Waals surface area contributed by atoms with E-state index < -0.39 is 0 Å². The van der Waals surface area contributed by atoms with Crippen molar-refractivity contribution in [3.63, 3.8) is 0 Å². The van der Waals surface area contributed by atoms with Crippen LogP contribution >= 0.6 is 11.6 Å². The molecule has 0 aromatic carbocycles. The van der Waals surface area contributed by atoms with Crippen LogP contribution in [0.15, 0.2) is 10.7 Å². The number of hydrogen-bond donors (Lipinski definition) is 1. The third-order valence-electron chi connectivity index (χ3n) is 2.45. The van der Waals surface area contributed by atoms with Crippen molar-refractivity contribution in [1.29, 1.82) is 0 Å². The van der Waals surface area contributed by atoms with Gasteiger partial charge >= 0.3 is 0 Å². The summed E-state index contributed by atoms with van der Waals surface area (Å²) in [6, 6.07) is 0.0318. The second-order valence-electron chi connectivity index (χ2n) is 3.69. The quantitative estimate of drug-likeness (QED) is 0.805. The molecule has 1 amide bonds. The number of aromatic nitrogens is 1. The van der Waals surface area contributed by atoms with Crippen LogP contribution < -0.4 is 5.32 Å². The molecule has 2 unspecified atom stereocenters. The summed E-state index contributed by atoms with van der Waals surface area (Å²) >= 11 is 5.70. The Morgan fingerprint density at radius 1 is 1.67 bits per heavy atom. The normalized spacial score (nSPS) is 14.7. The van der Waals surface area contributed by atoms with Crippen LogP contribution in [0.4, 0.5) is 0 Å². The molecule has 0 saturated carbocycles. The number of hydrogen-bond acceptors (Lipinski definition) is 3. The summed E-state index contributed by atoms with van der Waals surface area (Å²) in [4.78, 5) is 11.7. The molecule has 0 spiro atoms. The van der Waals surface area contributed by atoms with Crippen molar-refractivity contribution in [2.45, 2.75) is 26.8 Å². The molecule has 84 valence electrons. The number of amides is 1. The Morgan fingerprint density at radius 3 is 2.80 bits per heavy atom. The van der Waals surface area contributed by atoms with E-state index in [1.54, 1.807) is 6.92 Å². The Balaban J connectivity index is 2.60. The number of halogens is 1. The number of carbonyl (C=O) groups excluding carboxylic acids is 1. The van der Waals surface area contributed by atoms with E-state index in [2.05, 4.69) is 10.5 Å². The predicted molar refractivity (Wildman–Crippen MR) is 58.1 cm³/mol. The zero-order chi connectivity index (χ0) is 11.4. The van der Waals surface area contributed by atoms with Crippen molar-refractivity contribution in [2.24, 2.45) is 5.92 Å². The van der Waals surface area contributed by atoms with E-state index in [4.69, 9.17) is 16.1 Å². The van der Waals surface area contributed by atoms with E-state index in [1.807, 2.05) is 13.8 Å². The van der Waals surface area contributed by atoms with Crippen molar-refractivity contribution >= 4 is 17.5 Å². The van der Waals surface area contributed by atoms with Gasteiger partial charge in [0.1, 0.15) is 11.3 Å². The fourth-order valence-electron chi connectivity index (χ4n) is 1.08. The van der Waals surface area contributed by atoms with Crippen LogP contribution in [0.2, 0.25) is 0 Å². The third kappa shape index (κ3) is 2.96. The smallest absolute Gasteiger partial charge is 0.256 e. The lowest BCUT2D eigenvalue weighted by molar-refractivity contribution is 0.0929. The first-order valence-corrected chi connectivity index (χ1v) is 5.37. The summed E-state index contributed by atoms with van der Waals surface area (Å²) in [6.07, 6.45) is 1.42. The van der Waals surface area contributed by atoms with Gasteiger partial charge in [0.05, 0.1) is 6.20 Å². The molecule has 1 rings (SSSR count). The molecule has 4 nitrogen and oxygen atoms in total. The molecule has 1 aromatic rings. The van der Waals surface area contributed by atoms with Crippen molar-refractivity contribution < 1.29 is 9.32 Å². The van der Waals surface area contributed by atoms with E-state index in [0.29, 0.717) is 17.2 Å². The molecule has 0 aliphatic rings. The fraction of sp³-hybridized carbons (Fsp3) is 0.600. The molecular formula is C10H15ClN2O2. The summed E-state index contributed by atoms with van der Waals surface area (Å²) < 4.78 is 4.82. The highest BCUT2D eigenvalue weighted by Crippen LogP contribution is 2.09. The fourth-order valence-corrected chi connectivity index (χ4v) is 1.34. The molecule has 15 heavy (non-hydrogen) atoms. The maximum Gasteiger partial charge on any atom is 0.256 e. The third-order valence-corrected chi connectivity index (χ3v) is 2.94. The highest BCUT2D eigenvalue weighted by Gasteiger charge is 2.18. The van der Waals surface area contributed by atoms with Crippen LogP contribution in [0.3, 0.4) is 0 Å².